The van der Waals surface area contributed by atoms with Gasteiger partial charge in [0, 0.05) is 5.56 Å². The summed E-state index contributed by atoms with van der Waals surface area (Å²) < 4.78 is 10.2. The van der Waals surface area contributed by atoms with Crippen LogP contribution in [0.3, 0.4) is 0 Å². The van der Waals surface area contributed by atoms with Gasteiger partial charge in [-0.2, -0.15) is 0 Å². The molecular formula is C23H26N2O5. The van der Waals surface area contributed by atoms with Gasteiger partial charge in [-0.25, -0.2) is 0 Å². The van der Waals surface area contributed by atoms with Crippen LogP contribution in [0.1, 0.15) is 47.3 Å². The van der Waals surface area contributed by atoms with E-state index in [-0.39, 0.29) is 18.5 Å². The topological polar surface area (TPSA) is 93.7 Å². The Morgan fingerprint density at radius 2 is 1.83 bits per heavy atom. The molecule has 2 aromatic carbocycles. The lowest BCUT2D eigenvalue weighted by atomic mass is 9.87. The summed E-state index contributed by atoms with van der Waals surface area (Å²) in [5.74, 6) is -0.813. The van der Waals surface area contributed by atoms with Crippen LogP contribution >= 0.6 is 0 Å². The summed E-state index contributed by atoms with van der Waals surface area (Å²) in [6, 6.07) is 14.5. The summed E-state index contributed by atoms with van der Waals surface area (Å²) >= 11 is 0. The first kappa shape index (κ1) is 21.4. The molecule has 0 fully saturated rings. The van der Waals surface area contributed by atoms with Gasteiger partial charge in [-0.3, -0.25) is 14.4 Å². The number of fused-ring (bicyclic) bond motifs is 1. The fourth-order valence-electron chi connectivity index (χ4n) is 3.48. The Labute approximate surface area is 175 Å². The maximum atomic E-state index is 12.5. The standard InChI is InChI=1S/C23H26N2O5/c1-15(22(27)25-20-9-5-7-16-6-3-4-8-19(16)20)30-21(26)14-24-23(28)17-10-12-18(29-2)13-11-17/h3-4,6,8,10-13,15,20H,5,7,9,14H2,1-2H3,(H,24,28)(H,25,27)/t15-,20-/m0/s1. The first-order valence-corrected chi connectivity index (χ1v) is 9.98. The van der Waals surface area contributed by atoms with Gasteiger partial charge in [0.25, 0.3) is 11.8 Å². The molecular weight excluding hydrogens is 384 g/mol. The van der Waals surface area contributed by atoms with Crippen LogP contribution in [-0.4, -0.2) is 37.5 Å². The first-order valence-electron chi connectivity index (χ1n) is 9.98. The molecule has 0 radical (unpaired) electrons. The quantitative estimate of drug-likeness (QED) is 0.685. The van der Waals surface area contributed by atoms with Crippen LogP contribution in [0.25, 0.3) is 0 Å². The number of ether oxygens (including phenoxy) is 2. The Hall–Kier alpha value is -3.35. The summed E-state index contributed by atoms with van der Waals surface area (Å²) in [6.07, 6.45) is 1.89. The predicted molar refractivity (Wildman–Crippen MR) is 111 cm³/mol. The van der Waals surface area contributed by atoms with Crippen molar-refractivity contribution in [3.63, 3.8) is 0 Å². The fraction of sp³-hybridized carbons (Fsp3) is 0.348. The SMILES string of the molecule is COc1ccc(C(=O)NCC(=O)O[C@@H](C)C(=O)N[C@H]2CCCc3ccccc32)cc1. The average Bonchev–Trinajstić information content (AvgIpc) is 2.77. The molecule has 0 saturated heterocycles. The summed E-state index contributed by atoms with van der Waals surface area (Å²) in [5, 5.41) is 5.46. The highest BCUT2D eigenvalue weighted by molar-refractivity contribution is 5.96. The van der Waals surface area contributed by atoms with Crippen molar-refractivity contribution in [3.8, 4) is 5.75 Å². The monoisotopic (exact) mass is 410 g/mol. The van der Waals surface area contributed by atoms with Crippen LogP contribution in [0.2, 0.25) is 0 Å². The van der Waals surface area contributed by atoms with E-state index in [1.807, 2.05) is 18.2 Å². The summed E-state index contributed by atoms with van der Waals surface area (Å²) in [4.78, 5) is 36.6. The Bertz CT molecular complexity index is 910. The molecule has 0 unspecified atom stereocenters. The van der Waals surface area contributed by atoms with Gasteiger partial charge in [-0.15, -0.1) is 0 Å². The lowest BCUT2D eigenvalue weighted by molar-refractivity contribution is -0.154. The lowest BCUT2D eigenvalue weighted by Gasteiger charge is -2.27. The zero-order valence-corrected chi connectivity index (χ0v) is 17.1. The Morgan fingerprint density at radius 3 is 2.57 bits per heavy atom. The number of aryl methyl sites for hydroxylation is 1. The zero-order valence-electron chi connectivity index (χ0n) is 17.1. The van der Waals surface area contributed by atoms with Crippen molar-refractivity contribution in [3.05, 3.63) is 65.2 Å². The minimum Gasteiger partial charge on any atom is -0.497 e. The van der Waals surface area contributed by atoms with E-state index in [2.05, 4.69) is 16.7 Å². The van der Waals surface area contributed by atoms with E-state index in [1.165, 1.54) is 19.6 Å². The number of methoxy groups -OCH3 is 1. The molecule has 2 amide bonds. The van der Waals surface area contributed by atoms with Crippen LogP contribution in [0.4, 0.5) is 0 Å². The minimum atomic E-state index is -0.954. The number of hydrogen-bond donors (Lipinski definition) is 2. The third-order valence-electron chi connectivity index (χ3n) is 5.11. The van der Waals surface area contributed by atoms with Gasteiger partial charge in [0.05, 0.1) is 13.2 Å². The number of carbonyl (C=O) groups is 3. The molecule has 0 aliphatic heterocycles. The normalized spacial score (nSPS) is 16.0. The van der Waals surface area contributed by atoms with Gasteiger partial charge < -0.3 is 20.1 Å². The molecule has 2 N–H and O–H groups in total. The van der Waals surface area contributed by atoms with Crippen LogP contribution in [0.5, 0.6) is 5.75 Å². The summed E-state index contributed by atoms with van der Waals surface area (Å²) in [7, 11) is 1.54. The Kier molecular flexibility index (Phi) is 7.06. The molecule has 0 saturated carbocycles. The molecule has 1 aliphatic rings. The molecule has 0 heterocycles. The number of nitrogens with one attached hydrogen (secondary N) is 2. The zero-order chi connectivity index (χ0) is 21.5. The molecule has 2 atom stereocenters. The van der Waals surface area contributed by atoms with Crippen molar-refractivity contribution >= 4 is 17.8 Å². The van der Waals surface area contributed by atoms with Gasteiger partial charge >= 0.3 is 5.97 Å². The number of benzene rings is 2. The molecule has 0 bridgehead atoms. The minimum absolute atomic E-state index is 0.0848. The van der Waals surface area contributed by atoms with Crippen molar-refractivity contribution in [1.82, 2.24) is 10.6 Å². The number of hydrogen-bond acceptors (Lipinski definition) is 5. The van der Waals surface area contributed by atoms with E-state index in [0.717, 1.165) is 24.8 Å². The second-order valence-corrected chi connectivity index (χ2v) is 7.20. The molecule has 2 aromatic rings. The Balaban J connectivity index is 1.47. The molecule has 30 heavy (non-hydrogen) atoms. The molecule has 0 spiro atoms. The molecule has 1 aliphatic carbocycles. The third-order valence-corrected chi connectivity index (χ3v) is 5.11. The van der Waals surface area contributed by atoms with Gasteiger partial charge in [0.15, 0.2) is 6.10 Å². The van der Waals surface area contributed by atoms with Gasteiger partial charge in [0.1, 0.15) is 12.3 Å². The molecule has 0 aromatic heterocycles. The molecule has 158 valence electrons. The van der Waals surface area contributed by atoms with E-state index in [1.54, 1.807) is 24.3 Å². The van der Waals surface area contributed by atoms with Crippen molar-refractivity contribution in [2.24, 2.45) is 0 Å². The highest BCUT2D eigenvalue weighted by Gasteiger charge is 2.25. The van der Waals surface area contributed by atoms with Crippen LogP contribution in [0, 0.1) is 0 Å². The number of carbonyl (C=O) groups excluding carboxylic acids is 3. The number of amides is 2. The lowest BCUT2D eigenvalue weighted by Crippen LogP contribution is -2.41. The van der Waals surface area contributed by atoms with E-state index in [0.29, 0.717) is 11.3 Å². The second kappa shape index (κ2) is 9.91. The van der Waals surface area contributed by atoms with Gasteiger partial charge in [-0.05, 0) is 61.6 Å². The number of rotatable bonds is 7. The Morgan fingerprint density at radius 1 is 1.10 bits per heavy atom. The van der Waals surface area contributed by atoms with Crippen molar-refractivity contribution in [2.45, 2.75) is 38.3 Å². The molecule has 3 rings (SSSR count). The third kappa shape index (κ3) is 5.37. The highest BCUT2D eigenvalue weighted by atomic mass is 16.5. The maximum Gasteiger partial charge on any atom is 0.326 e. The van der Waals surface area contributed by atoms with Crippen molar-refractivity contribution < 1.29 is 23.9 Å². The van der Waals surface area contributed by atoms with Crippen LogP contribution in [0.15, 0.2) is 48.5 Å². The van der Waals surface area contributed by atoms with E-state index in [9.17, 15) is 14.4 Å². The van der Waals surface area contributed by atoms with Crippen molar-refractivity contribution in [1.29, 1.82) is 0 Å². The summed E-state index contributed by atoms with van der Waals surface area (Å²) in [6.45, 7) is 1.20. The van der Waals surface area contributed by atoms with Gasteiger partial charge in [-0.1, -0.05) is 24.3 Å². The highest BCUT2D eigenvalue weighted by Crippen LogP contribution is 2.29. The van der Waals surface area contributed by atoms with E-state index >= 15 is 0 Å². The number of esters is 1. The average molecular weight is 410 g/mol. The second-order valence-electron chi connectivity index (χ2n) is 7.20. The molecule has 7 heteroatoms. The molecule has 7 nitrogen and oxygen atoms in total. The predicted octanol–water partition coefficient (Wildman–Crippen LogP) is 2.55. The largest absolute Gasteiger partial charge is 0.497 e. The fourth-order valence-corrected chi connectivity index (χ4v) is 3.48. The van der Waals surface area contributed by atoms with E-state index < -0.39 is 18.0 Å². The maximum absolute atomic E-state index is 12.5. The smallest absolute Gasteiger partial charge is 0.326 e. The first-order chi connectivity index (χ1) is 14.5. The summed E-state index contributed by atoms with van der Waals surface area (Å²) in [5.41, 5.74) is 2.74. The van der Waals surface area contributed by atoms with Crippen LogP contribution in [-0.2, 0) is 20.7 Å². The van der Waals surface area contributed by atoms with Crippen molar-refractivity contribution in [2.75, 3.05) is 13.7 Å². The van der Waals surface area contributed by atoms with E-state index in [4.69, 9.17) is 9.47 Å². The van der Waals surface area contributed by atoms with Crippen LogP contribution < -0.4 is 15.4 Å². The van der Waals surface area contributed by atoms with Gasteiger partial charge in [0.2, 0.25) is 0 Å².